The molecule has 0 atom stereocenters. The molecular formula is C16H8N2O4. The quantitative estimate of drug-likeness (QED) is 0.312. The van der Waals surface area contributed by atoms with Crippen LogP contribution < -0.4 is 0 Å². The summed E-state index contributed by atoms with van der Waals surface area (Å²) in [5.41, 5.74) is -1.95. The molecule has 0 saturated heterocycles. The lowest BCUT2D eigenvalue weighted by Crippen LogP contribution is -1.94. The molecule has 22 heavy (non-hydrogen) atoms. The molecule has 4 aromatic carbocycles. The first-order chi connectivity index (χ1) is 13.9. The molecule has 0 aromatic heterocycles. The van der Waals surface area contributed by atoms with E-state index in [-0.39, 0.29) is 10.8 Å². The normalized spacial score (nSPS) is 16.5. The lowest BCUT2D eigenvalue weighted by atomic mass is 9.93. The minimum Gasteiger partial charge on any atom is -0.258 e. The third kappa shape index (κ3) is 1.49. The van der Waals surface area contributed by atoms with Crippen molar-refractivity contribution in [2.45, 2.75) is 0 Å². The standard InChI is InChI=1S/C16H8N2O4/c19-17(20)13-8-4-10-2-6-12-14(18(21)22)7-3-9-1-5-11(13)16(10)15(9)12/h1-8H/i1D,2D,3D,4D,5D,6D,7D,8D. The van der Waals surface area contributed by atoms with Crippen LogP contribution in [0.15, 0.2) is 48.3 Å². The Morgan fingerprint density at radius 2 is 1.05 bits per heavy atom. The lowest BCUT2D eigenvalue weighted by Gasteiger charge is -2.10. The summed E-state index contributed by atoms with van der Waals surface area (Å²) >= 11 is 0. The summed E-state index contributed by atoms with van der Waals surface area (Å²) in [5, 5.41) is 20.6. The zero-order valence-corrected chi connectivity index (χ0v) is 10.5. The minimum absolute atomic E-state index is 0.341. The van der Waals surface area contributed by atoms with Gasteiger partial charge in [-0.1, -0.05) is 12.1 Å². The zero-order valence-electron chi connectivity index (χ0n) is 18.5. The van der Waals surface area contributed by atoms with Gasteiger partial charge in [0.2, 0.25) is 0 Å². The van der Waals surface area contributed by atoms with Crippen LogP contribution in [0.4, 0.5) is 11.4 Å². The first kappa shape index (κ1) is 6.65. The topological polar surface area (TPSA) is 86.3 Å². The van der Waals surface area contributed by atoms with E-state index < -0.39 is 91.1 Å². The van der Waals surface area contributed by atoms with Crippen molar-refractivity contribution in [1.29, 1.82) is 0 Å². The van der Waals surface area contributed by atoms with Crippen molar-refractivity contribution in [3.63, 3.8) is 0 Å². The van der Waals surface area contributed by atoms with Crippen LogP contribution in [-0.2, 0) is 0 Å². The third-order valence-electron chi connectivity index (χ3n) is 3.33. The van der Waals surface area contributed by atoms with Crippen LogP contribution in [0.2, 0.25) is 0 Å². The monoisotopic (exact) mass is 300 g/mol. The molecule has 0 spiro atoms. The Morgan fingerprint density at radius 1 is 0.682 bits per heavy atom. The van der Waals surface area contributed by atoms with Gasteiger partial charge in [-0.15, -0.1) is 0 Å². The molecule has 6 nitrogen and oxygen atoms in total. The summed E-state index contributed by atoms with van der Waals surface area (Å²) in [6, 6.07) is -6.42. The maximum Gasteiger partial charge on any atom is 0.277 e. The molecule has 0 N–H and O–H groups in total. The number of benzene rings is 4. The predicted octanol–water partition coefficient (Wildman–Crippen LogP) is 4.40. The van der Waals surface area contributed by atoms with Gasteiger partial charge in [-0.25, -0.2) is 0 Å². The van der Waals surface area contributed by atoms with Crippen LogP contribution in [0.5, 0.6) is 0 Å². The van der Waals surface area contributed by atoms with E-state index in [2.05, 4.69) is 0 Å². The van der Waals surface area contributed by atoms with Crippen LogP contribution in [0.3, 0.4) is 0 Å². The average molecular weight is 300 g/mol. The Hall–Kier alpha value is -3.28. The highest BCUT2D eigenvalue weighted by Crippen LogP contribution is 2.41. The second kappa shape index (κ2) is 4.11. The zero-order chi connectivity index (χ0) is 22.4. The maximum absolute atomic E-state index is 11.6. The fourth-order valence-electron chi connectivity index (χ4n) is 2.43. The molecule has 0 aliphatic carbocycles. The van der Waals surface area contributed by atoms with Gasteiger partial charge in [-0.2, -0.15) is 0 Å². The van der Waals surface area contributed by atoms with Crippen LogP contribution in [0, 0.1) is 20.2 Å². The molecule has 6 heteroatoms. The van der Waals surface area contributed by atoms with Gasteiger partial charge < -0.3 is 0 Å². The summed E-state index contributed by atoms with van der Waals surface area (Å²) in [6.07, 6.45) is 0. The minimum atomic E-state index is -1.01. The van der Waals surface area contributed by atoms with Crippen molar-refractivity contribution in [1.82, 2.24) is 0 Å². The van der Waals surface area contributed by atoms with E-state index in [4.69, 9.17) is 11.0 Å². The molecule has 0 saturated carbocycles. The van der Waals surface area contributed by atoms with E-state index in [9.17, 15) is 20.2 Å². The smallest absolute Gasteiger partial charge is 0.258 e. The van der Waals surface area contributed by atoms with Gasteiger partial charge in [0, 0.05) is 22.9 Å². The van der Waals surface area contributed by atoms with Crippen LogP contribution >= 0.6 is 0 Å². The van der Waals surface area contributed by atoms with Crippen LogP contribution in [-0.4, -0.2) is 9.85 Å². The first-order valence-electron chi connectivity index (χ1n) is 9.93. The van der Waals surface area contributed by atoms with Gasteiger partial charge in [0.25, 0.3) is 11.4 Å². The molecule has 0 fully saturated rings. The number of nitro groups is 2. The molecule has 0 heterocycles. The Labute approximate surface area is 134 Å². The molecule has 0 unspecified atom stereocenters. The predicted molar refractivity (Wildman–Crippen MR) is 83.5 cm³/mol. The number of nitro benzene ring substituents is 2. The van der Waals surface area contributed by atoms with Gasteiger partial charge in [0.15, 0.2) is 0 Å². The van der Waals surface area contributed by atoms with E-state index in [1.165, 1.54) is 0 Å². The summed E-state index contributed by atoms with van der Waals surface area (Å²) in [6.45, 7) is 0. The molecule has 4 aromatic rings. The fraction of sp³-hybridized carbons (Fsp3) is 0. The number of rotatable bonds is 2. The summed E-state index contributed by atoms with van der Waals surface area (Å²) in [5.74, 6) is 0. The van der Waals surface area contributed by atoms with Crippen molar-refractivity contribution >= 4 is 43.7 Å². The van der Waals surface area contributed by atoms with Gasteiger partial charge in [-0.05, 0) is 34.9 Å². The Balaban J connectivity index is 2.63. The van der Waals surface area contributed by atoms with Gasteiger partial charge in [0.05, 0.1) is 31.6 Å². The number of hydrogen-bond acceptors (Lipinski definition) is 4. The highest BCUT2D eigenvalue weighted by Gasteiger charge is 2.20. The first-order valence-corrected chi connectivity index (χ1v) is 5.93. The average Bonchev–Trinajstić information content (AvgIpc) is 2.66. The van der Waals surface area contributed by atoms with Crippen molar-refractivity contribution in [3.05, 3.63) is 68.6 Å². The van der Waals surface area contributed by atoms with E-state index >= 15 is 0 Å². The molecular weight excluding hydrogens is 284 g/mol. The van der Waals surface area contributed by atoms with Gasteiger partial charge in [0.1, 0.15) is 0 Å². The Morgan fingerprint density at radius 3 is 1.41 bits per heavy atom. The highest BCUT2D eigenvalue weighted by molar-refractivity contribution is 6.26. The largest absolute Gasteiger partial charge is 0.277 e. The second-order valence-electron chi connectivity index (χ2n) is 4.46. The molecule has 0 aliphatic heterocycles. The number of nitrogens with zero attached hydrogens (tertiary/aromatic N) is 2. The van der Waals surface area contributed by atoms with Crippen LogP contribution in [0.25, 0.3) is 32.3 Å². The van der Waals surface area contributed by atoms with Crippen molar-refractivity contribution in [3.8, 4) is 0 Å². The van der Waals surface area contributed by atoms with Crippen molar-refractivity contribution < 1.29 is 20.8 Å². The van der Waals surface area contributed by atoms with E-state index in [1.807, 2.05) is 0 Å². The number of hydrogen-bond donors (Lipinski definition) is 0. The van der Waals surface area contributed by atoms with E-state index in [0.717, 1.165) is 0 Å². The van der Waals surface area contributed by atoms with Crippen molar-refractivity contribution in [2.75, 3.05) is 0 Å². The summed E-state index contributed by atoms with van der Waals surface area (Å²) in [4.78, 5) is 21.2. The third-order valence-corrected chi connectivity index (χ3v) is 3.33. The van der Waals surface area contributed by atoms with Gasteiger partial charge in [-0.3, -0.25) is 20.2 Å². The SMILES string of the molecule is [2H]c1c([2H])c2c([2H])c([2H])c3c([N+](=O)[O-])c([2H])c([2H])c4c([2H])c([2H])c(c1[N+](=O)[O-])c2c43. The lowest BCUT2D eigenvalue weighted by molar-refractivity contribution is -0.383. The molecule has 4 rings (SSSR count). The summed E-state index contributed by atoms with van der Waals surface area (Å²) in [7, 11) is 0. The fourth-order valence-corrected chi connectivity index (χ4v) is 2.43. The van der Waals surface area contributed by atoms with E-state index in [1.54, 1.807) is 0 Å². The Kier molecular flexibility index (Phi) is 1.24. The summed E-state index contributed by atoms with van der Waals surface area (Å²) < 4.78 is 65.2. The van der Waals surface area contributed by atoms with Crippen LogP contribution in [0.1, 0.15) is 11.0 Å². The molecule has 0 amide bonds. The Bertz CT molecular complexity index is 1380. The molecule has 0 aliphatic rings. The maximum atomic E-state index is 11.6. The van der Waals surface area contributed by atoms with Gasteiger partial charge >= 0.3 is 0 Å². The van der Waals surface area contributed by atoms with Crippen molar-refractivity contribution in [2.24, 2.45) is 0 Å². The molecule has 0 radical (unpaired) electrons. The second-order valence-corrected chi connectivity index (χ2v) is 4.46. The molecule has 106 valence electrons. The molecule has 0 bridgehead atoms. The highest BCUT2D eigenvalue weighted by atomic mass is 16.6. The van der Waals surface area contributed by atoms with E-state index in [0.29, 0.717) is 0 Å².